The van der Waals surface area contributed by atoms with Crippen molar-refractivity contribution in [1.29, 1.82) is 0 Å². The second-order valence-electron chi connectivity index (χ2n) is 7.40. The van der Waals surface area contributed by atoms with Crippen molar-refractivity contribution in [2.45, 2.75) is 25.7 Å². The Hall–Kier alpha value is -2.72. The molecule has 0 bridgehead atoms. The maximum Gasteiger partial charge on any atom is 0.111 e. The van der Waals surface area contributed by atoms with E-state index in [9.17, 15) is 0 Å². The zero-order valence-corrected chi connectivity index (χ0v) is 15.3. The van der Waals surface area contributed by atoms with Gasteiger partial charge in [0.2, 0.25) is 0 Å². The molecule has 0 spiro atoms. The lowest BCUT2D eigenvalue weighted by Gasteiger charge is -2.21. The predicted octanol–water partition coefficient (Wildman–Crippen LogP) is 4.67. The van der Waals surface area contributed by atoms with Gasteiger partial charge in [-0.2, -0.15) is 0 Å². The number of aromatic nitrogens is 3. The van der Waals surface area contributed by atoms with Crippen LogP contribution in [0.4, 0.5) is 0 Å². The smallest absolute Gasteiger partial charge is 0.111 e. The topological polar surface area (TPSA) is 50.8 Å². The van der Waals surface area contributed by atoms with Crippen molar-refractivity contribution >= 4 is 21.9 Å². The fourth-order valence-corrected chi connectivity index (χ4v) is 4.04. The molecule has 0 amide bonds. The summed E-state index contributed by atoms with van der Waals surface area (Å²) < 4.78 is 5.53. The Labute approximate surface area is 158 Å². The molecule has 0 unspecified atom stereocenters. The minimum atomic E-state index is 0.636. The number of imidazole rings is 1. The first-order valence-electron chi connectivity index (χ1n) is 9.75. The molecule has 4 nitrogen and oxygen atoms in total. The average molecular weight is 357 g/mol. The van der Waals surface area contributed by atoms with Crippen LogP contribution < -0.4 is 0 Å². The molecular weight excluding hydrogens is 334 g/mol. The highest BCUT2D eigenvalue weighted by atomic mass is 16.5. The molecule has 4 aromatic rings. The summed E-state index contributed by atoms with van der Waals surface area (Å²) in [5.41, 5.74) is 5.59. The third-order valence-corrected chi connectivity index (χ3v) is 5.49. The van der Waals surface area contributed by atoms with Crippen molar-refractivity contribution < 1.29 is 4.74 Å². The maximum atomic E-state index is 5.53. The van der Waals surface area contributed by atoms with Gasteiger partial charge in [0.05, 0.1) is 22.2 Å². The highest BCUT2D eigenvalue weighted by molar-refractivity contribution is 6.03. The van der Waals surface area contributed by atoms with Gasteiger partial charge in [-0.1, -0.05) is 48.5 Å². The van der Waals surface area contributed by atoms with E-state index in [0.717, 1.165) is 72.4 Å². The highest BCUT2D eigenvalue weighted by Crippen LogP contribution is 2.28. The molecule has 2 aromatic heterocycles. The number of pyridine rings is 1. The molecule has 3 heterocycles. The zero-order valence-electron chi connectivity index (χ0n) is 15.3. The number of H-pyrrole nitrogens is 1. The van der Waals surface area contributed by atoms with E-state index in [1.165, 1.54) is 5.56 Å². The largest absolute Gasteiger partial charge is 0.381 e. The Morgan fingerprint density at radius 2 is 1.70 bits per heavy atom. The fourth-order valence-electron chi connectivity index (χ4n) is 4.04. The summed E-state index contributed by atoms with van der Waals surface area (Å²) in [4.78, 5) is 13.6. The van der Waals surface area contributed by atoms with Gasteiger partial charge in [0.1, 0.15) is 5.82 Å². The number of ether oxygens (including phenoxy) is 1. The molecule has 136 valence electrons. The van der Waals surface area contributed by atoms with E-state index in [2.05, 4.69) is 53.5 Å². The molecule has 4 heteroatoms. The molecule has 27 heavy (non-hydrogen) atoms. The first-order chi connectivity index (χ1) is 13.4. The SMILES string of the molecule is c1ccc(Cc2nc3c([nH]2)c(CC2CCOCC2)nc2ccccc23)cc1. The standard InChI is InChI=1S/C23H23N3O/c1-2-6-16(7-3-1)15-21-25-22-18-8-4-5-9-19(18)24-20(23(22)26-21)14-17-10-12-27-13-11-17/h1-9,17H,10-15H2,(H,25,26). The van der Waals surface area contributed by atoms with Crippen LogP contribution in [0.5, 0.6) is 0 Å². The molecule has 1 saturated heterocycles. The van der Waals surface area contributed by atoms with Gasteiger partial charge in [-0.05, 0) is 36.8 Å². The predicted molar refractivity (Wildman–Crippen MR) is 108 cm³/mol. The number of rotatable bonds is 4. The van der Waals surface area contributed by atoms with Crippen molar-refractivity contribution in [3.8, 4) is 0 Å². The monoisotopic (exact) mass is 357 g/mol. The van der Waals surface area contributed by atoms with Crippen molar-refractivity contribution in [3.63, 3.8) is 0 Å². The third-order valence-electron chi connectivity index (χ3n) is 5.49. The van der Waals surface area contributed by atoms with Gasteiger partial charge in [0, 0.05) is 25.0 Å². The van der Waals surface area contributed by atoms with Crippen LogP contribution in [0, 0.1) is 5.92 Å². The Bertz CT molecular complexity index is 1070. The van der Waals surface area contributed by atoms with Gasteiger partial charge in [-0.15, -0.1) is 0 Å². The number of nitrogens with one attached hydrogen (secondary N) is 1. The lowest BCUT2D eigenvalue weighted by Crippen LogP contribution is -2.18. The first kappa shape index (κ1) is 16.5. The molecule has 0 aliphatic carbocycles. The second-order valence-corrected chi connectivity index (χ2v) is 7.40. The van der Waals surface area contributed by atoms with Gasteiger partial charge >= 0.3 is 0 Å². The van der Waals surface area contributed by atoms with Crippen LogP contribution in [0.1, 0.15) is 29.9 Å². The third kappa shape index (κ3) is 3.33. The van der Waals surface area contributed by atoms with Gasteiger partial charge in [-0.3, -0.25) is 4.98 Å². The van der Waals surface area contributed by atoms with Crippen molar-refractivity contribution in [2.24, 2.45) is 5.92 Å². The molecule has 2 aromatic carbocycles. The average Bonchev–Trinajstić information content (AvgIpc) is 3.14. The van der Waals surface area contributed by atoms with Crippen molar-refractivity contribution in [1.82, 2.24) is 15.0 Å². The van der Waals surface area contributed by atoms with Crippen LogP contribution in [-0.4, -0.2) is 28.2 Å². The number of hydrogen-bond donors (Lipinski definition) is 1. The maximum absolute atomic E-state index is 5.53. The summed E-state index contributed by atoms with van der Waals surface area (Å²) in [5, 5.41) is 1.12. The Kier molecular flexibility index (Phi) is 4.34. The van der Waals surface area contributed by atoms with Gasteiger partial charge in [0.15, 0.2) is 0 Å². The van der Waals surface area contributed by atoms with Crippen molar-refractivity contribution in [2.75, 3.05) is 13.2 Å². The molecule has 0 saturated carbocycles. The normalized spacial score (nSPS) is 15.6. The van der Waals surface area contributed by atoms with Gasteiger partial charge < -0.3 is 9.72 Å². The molecule has 1 aliphatic heterocycles. The molecule has 5 rings (SSSR count). The quantitative estimate of drug-likeness (QED) is 0.577. The van der Waals surface area contributed by atoms with E-state index >= 15 is 0 Å². The van der Waals surface area contributed by atoms with Crippen LogP contribution in [0.3, 0.4) is 0 Å². The lowest BCUT2D eigenvalue weighted by molar-refractivity contribution is 0.0664. The summed E-state index contributed by atoms with van der Waals surface area (Å²) in [5.74, 6) is 1.64. The number of fused-ring (bicyclic) bond motifs is 3. The number of benzene rings is 2. The summed E-state index contributed by atoms with van der Waals surface area (Å²) in [7, 11) is 0. The van der Waals surface area contributed by atoms with Crippen LogP contribution in [0.2, 0.25) is 0 Å². The highest BCUT2D eigenvalue weighted by Gasteiger charge is 2.19. The van der Waals surface area contributed by atoms with E-state index in [1.807, 2.05) is 6.07 Å². The van der Waals surface area contributed by atoms with E-state index < -0.39 is 0 Å². The molecular formula is C23H23N3O. The van der Waals surface area contributed by atoms with Crippen LogP contribution in [0.25, 0.3) is 21.9 Å². The summed E-state index contributed by atoms with van der Waals surface area (Å²) in [6.45, 7) is 1.73. The summed E-state index contributed by atoms with van der Waals surface area (Å²) in [6, 6.07) is 18.8. The second kappa shape index (κ2) is 7.12. The van der Waals surface area contributed by atoms with E-state index in [-0.39, 0.29) is 0 Å². The van der Waals surface area contributed by atoms with Crippen LogP contribution in [-0.2, 0) is 17.6 Å². The number of hydrogen-bond acceptors (Lipinski definition) is 3. The lowest BCUT2D eigenvalue weighted by atomic mass is 9.94. The van der Waals surface area contributed by atoms with E-state index in [4.69, 9.17) is 14.7 Å². The molecule has 0 atom stereocenters. The number of aromatic amines is 1. The fraction of sp³-hybridized carbons (Fsp3) is 0.304. The first-order valence-corrected chi connectivity index (χ1v) is 9.75. The molecule has 1 N–H and O–H groups in total. The van der Waals surface area contributed by atoms with Crippen LogP contribution >= 0.6 is 0 Å². The van der Waals surface area contributed by atoms with E-state index in [0.29, 0.717) is 5.92 Å². The minimum absolute atomic E-state index is 0.636. The molecule has 1 aliphatic rings. The Balaban J connectivity index is 1.59. The van der Waals surface area contributed by atoms with Crippen molar-refractivity contribution in [3.05, 3.63) is 71.7 Å². The number of para-hydroxylation sites is 1. The zero-order chi connectivity index (χ0) is 18.1. The summed E-state index contributed by atoms with van der Waals surface area (Å²) >= 11 is 0. The van der Waals surface area contributed by atoms with Crippen LogP contribution in [0.15, 0.2) is 54.6 Å². The Morgan fingerprint density at radius 3 is 2.56 bits per heavy atom. The minimum Gasteiger partial charge on any atom is -0.381 e. The number of nitrogens with zero attached hydrogens (tertiary/aromatic N) is 2. The van der Waals surface area contributed by atoms with E-state index in [1.54, 1.807) is 0 Å². The summed E-state index contributed by atoms with van der Waals surface area (Å²) in [6.07, 6.45) is 4.01. The van der Waals surface area contributed by atoms with Gasteiger partial charge in [0.25, 0.3) is 0 Å². The molecule has 1 fully saturated rings. The van der Waals surface area contributed by atoms with Gasteiger partial charge in [-0.25, -0.2) is 4.98 Å². The molecule has 0 radical (unpaired) electrons. The Morgan fingerprint density at radius 1 is 0.926 bits per heavy atom.